The molecule has 1 saturated carbocycles. The van der Waals surface area contributed by atoms with Gasteiger partial charge in [-0.15, -0.1) is 0 Å². The summed E-state index contributed by atoms with van der Waals surface area (Å²) >= 11 is 0. The molecule has 0 amide bonds. The Labute approximate surface area is 96.5 Å². The Morgan fingerprint density at radius 1 is 1.50 bits per heavy atom. The van der Waals surface area contributed by atoms with E-state index in [4.69, 9.17) is 5.53 Å². The molecule has 1 atom stereocenters. The maximum absolute atomic E-state index is 9.26. The van der Waals surface area contributed by atoms with Crippen LogP contribution in [0.3, 0.4) is 0 Å². The standard InChI is InChI=1S/C11H19N5/c1-10(2)4-5-11(8-10,9-12)14-6-3-7-15-16-13/h14H,3-8H2,1-2H3. The quantitative estimate of drug-likeness (QED) is 0.335. The molecule has 0 bridgehead atoms. The molecule has 1 N–H and O–H groups in total. The number of azide groups is 1. The summed E-state index contributed by atoms with van der Waals surface area (Å²) < 4.78 is 0. The van der Waals surface area contributed by atoms with Crippen molar-refractivity contribution >= 4 is 0 Å². The normalized spacial score (nSPS) is 27.1. The smallest absolute Gasteiger partial charge is 0.107 e. The van der Waals surface area contributed by atoms with Crippen molar-refractivity contribution < 1.29 is 0 Å². The van der Waals surface area contributed by atoms with Gasteiger partial charge in [0.05, 0.1) is 6.07 Å². The Morgan fingerprint density at radius 3 is 2.75 bits per heavy atom. The highest BCUT2D eigenvalue weighted by Gasteiger charge is 2.42. The van der Waals surface area contributed by atoms with Crippen LogP contribution in [0.2, 0.25) is 0 Å². The van der Waals surface area contributed by atoms with E-state index in [1.807, 2.05) is 0 Å². The van der Waals surface area contributed by atoms with E-state index in [2.05, 4.69) is 35.3 Å². The first-order valence-electron chi connectivity index (χ1n) is 5.71. The van der Waals surface area contributed by atoms with Gasteiger partial charge in [-0.2, -0.15) is 5.26 Å². The second-order valence-electron chi connectivity index (χ2n) is 5.27. The van der Waals surface area contributed by atoms with Crippen LogP contribution in [0.1, 0.15) is 39.5 Å². The van der Waals surface area contributed by atoms with Crippen molar-refractivity contribution in [2.24, 2.45) is 10.5 Å². The zero-order valence-corrected chi connectivity index (χ0v) is 10.0. The van der Waals surface area contributed by atoms with E-state index in [-0.39, 0.29) is 11.0 Å². The second kappa shape index (κ2) is 5.20. The monoisotopic (exact) mass is 221 g/mol. The molecule has 1 aliphatic rings. The molecule has 1 aliphatic carbocycles. The first kappa shape index (κ1) is 12.8. The van der Waals surface area contributed by atoms with Crippen molar-refractivity contribution in [3.8, 4) is 6.07 Å². The van der Waals surface area contributed by atoms with Gasteiger partial charge in [-0.05, 0) is 43.2 Å². The van der Waals surface area contributed by atoms with Gasteiger partial charge in [-0.3, -0.25) is 5.32 Å². The highest BCUT2D eigenvalue weighted by atomic mass is 15.1. The summed E-state index contributed by atoms with van der Waals surface area (Å²) in [5.41, 5.74) is 8.02. The summed E-state index contributed by atoms with van der Waals surface area (Å²) in [4.78, 5) is 2.70. The van der Waals surface area contributed by atoms with Gasteiger partial charge < -0.3 is 0 Å². The largest absolute Gasteiger partial charge is 0.299 e. The summed E-state index contributed by atoms with van der Waals surface area (Å²) in [6.45, 7) is 5.64. The molecule has 88 valence electrons. The summed E-state index contributed by atoms with van der Waals surface area (Å²) in [7, 11) is 0. The third kappa shape index (κ3) is 3.41. The van der Waals surface area contributed by atoms with Crippen molar-refractivity contribution in [3.63, 3.8) is 0 Å². The fourth-order valence-corrected chi connectivity index (χ4v) is 2.35. The molecule has 1 fully saturated rings. The van der Waals surface area contributed by atoms with Crippen LogP contribution < -0.4 is 5.32 Å². The average Bonchev–Trinajstić information content (AvgIpc) is 2.55. The third-order valence-electron chi connectivity index (χ3n) is 3.18. The van der Waals surface area contributed by atoms with Crippen molar-refractivity contribution in [2.75, 3.05) is 13.1 Å². The first-order chi connectivity index (χ1) is 7.54. The van der Waals surface area contributed by atoms with E-state index in [1.165, 1.54) is 0 Å². The lowest BCUT2D eigenvalue weighted by atomic mass is 9.88. The lowest BCUT2D eigenvalue weighted by Gasteiger charge is -2.25. The minimum Gasteiger partial charge on any atom is -0.299 e. The van der Waals surface area contributed by atoms with Gasteiger partial charge in [-0.1, -0.05) is 19.0 Å². The molecule has 0 heterocycles. The van der Waals surface area contributed by atoms with Crippen LogP contribution in [0, 0.1) is 16.7 Å². The van der Waals surface area contributed by atoms with Crippen molar-refractivity contribution in [3.05, 3.63) is 10.4 Å². The molecule has 0 aromatic rings. The highest BCUT2D eigenvalue weighted by molar-refractivity contribution is 5.13. The third-order valence-corrected chi connectivity index (χ3v) is 3.18. The van der Waals surface area contributed by atoms with E-state index >= 15 is 0 Å². The lowest BCUT2D eigenvalue weighted by Crippen LogP contribution is -2.42. The summed E-state index contributed by atoms with van der Waals surface area (Å²) in [5.74, 6) is 0. The molecule has 5 nitrogen and oxygen atoms in total. The zero-order chi connectivity index (χ0) is 12.1. The minimum atomic E-state index is -0.361. The predicted molar refractivity (Wildman–Crippen MR) is 62.6 cm³/mol. The van der Waals surface area contributed by atoms with E-state index in [1.54, 1.807) is 0 Å². The van der Waals surface area contributed by atoms with Gasteiger partial charge in [0.2, 0.25) is 0 Å². The summed E-state index contributed by atoms with van der Waals surface area (Å²) in [6, 6.07) is 2.41. The average molecular weight is 221 g/mol. The molecule has 0 aliphatic heterocycles. The van der Waals surface area contributed by atoms with E-state index in [9.17, 15) is 5.26 Å². The minimum absolute atomic E-state index is 0.257. The predicted octanol–water partition coefficient (Wildman–Crippen LogP) is 2.75. The van der Waals surface area contributed by atoms with E-state index in [0.717, 1.165) is 32.2 Å². The van der Waals surface area contributed by atoms with Gasteiger partial charge in [0.15, 0.2) is 0 Å². The van der Waals surface area contributed by atoms with Crippen molar-refractivity contribution in [1.29, 1.82) is 5.26 Å². The lowest BCUT2D eigenvalue weighted by molar-refractivity contribution is 0.334. The molecule has 0 spiro atoms. The summed E-state index contributed by atoms with van der Waals surface area (Å²) in [6.07, 6.45) is 3.69. The van der Waals surface area contributed by atoms with Crippen molar-refractivity contribution in [2.45, 2.75) is 45.1 Å². The van der Waals surface area contributed by atoms with Crippen LogP contribution >= 0.6 is 0 Å². The maximum atomic E-state index is 9.26. The first-order valence-corrected chi connectivity index (χ1v) is 5.71. The number of rotatable bonds is 5. The highest BCUT2D eigenvalue weighted by Crippen LogP contribution is 2.43. The number of nitrogens with one attached hydrogen (secondary N) is 1. The van der Waals surface area contributed by atoms with Crippen LogP contribution in [0.25, 0.3) is 10.4 Å². The van der Waals surface area contributed by atoms with Crippen LogP contribution in [0.5, 0.6) is 0 Å². The molecule has 1 unspecified atom stereocenters. The molecule has 16 heavy (non-hydrogen) atoms. The fraction of sp³-hybridized carbons (Fsp3) is 0.909. The Kier molecular flexibility index (Phi) is 4.17. The molecule has 0 aromatic heterocycles. The maximum Gasteiger partial charge on any atom is 0.107 e. The fourth-order valence-electron chi connectivity index (χ4n) is 2.35. The van der Waals surface area contributed by atoms with Gasteiger partial charge in [-0.25, -0.2) is 0 Å². The van der Waals surface area contributed by atoms with Crippen molar-refractivity contribution in [1.82, 2.24) is 5.32 Å². The van der Waals surface area contributed by atoms with Crippen LogP contribution in [-0.2, 0) is 0 Å². The number of nitriles is 1. The zero-order valence-electron chi connectivity index (χ0n) is 10.0. The number of nitrogens with zero attached hydrogens (tertiary/aromatic N) is 4. The van der Waals surface area contributed by atoms with Crippen LogP contribution in [-0.4, -0.2) is 18.6 Å². The van der Waals surface area contributed by atoms with E-state index in [0.29, 0.717) is 6.54 Å². The van der Waals surface area contributed by atoms with Crippen LogP contribution in [0.15, 0.2) is 5.11 Å². The molecular formula is C11H19N5. The molecule has 1 rings (SSSR count). The number of hydrogen-bond donors (Lipinski definition) is 1. The van der Waals surface area contributed by atoms with Crippen LogP contribution in [0.4, 0.5) is 0 Å². The Hall–Kier alpha value is -1.24. The van der Waals surface area contributed by atoms with Gasteiger partial charge in [0, 0.05) is 11.5 Å². The second-order valence-corrected chi connectivity index (χ2v) is 5.27. The SMILES string of the molecule is CC1(C)CCC(C#N)(NCCCN=[N+]=[N-])C1. The molecule has 5 heteroatoms. The molecule has 0 saturated heterocycles. The Balaban J connectivity index is 2.39. The summed E-state index contributed by atoms with van der Waals surface area (Å²) in [5, 5.41) is 16.0. The number of hydrogen-bond acceptors (Lipinski definition) is 3. The molecular weight excluding hydrogens is 202 g/mol. The van der Waals surface area contributed by atoms with Gasteiger partial charge in [0.25, 0.3) is 0 Å². The molecule has 0 aromatic carbocycles. The Morgan fingerprint density at radius 2 is 2.25 bits per heavy atom. The Bertz CT molecular complexity index is 324. The topological polar surface area (TPSA) is 84.6 Å². The van der Waals surface area contributed by atoms with E-state index < -0.39 is 0 Å². The van der Waals surface area contributed by atoms with Gasteiger partial charge >= 0.3 is 0 Å². The molecule has 0 radical (unpaired) electrons. The van der Waals surface area contributed by atoms with Gasteiger partial charge in [0.1, 0.15) is 5.54 Å².